The predicted molar refractivity (Wildman–Crippen MR) is 91.2 cm³/mol. The van der Waals surface area contributed by atoms with E-state index < -0.39 is 11.7 Å². The van der Waals surface area contributed by atoms with Crippen molar-refractivity contribution in [3.05, 3.63) is 58.9 Å². The highest BCUT2D eigenvalue weighted by molar-refractivity contribution is 5.95. The number of amides is 1. The number of benzene rings is 1. The zero-order valence-electron chi connectivity index (χ0n) is 14.2. The van der Waals surface area contributed by atoms with E-state index in [1.165, 1.54) is 23.0 Å². The van der Waals surface area contributed by atoms with Crippen molar-refractivity contribution in [1.82, 2.24) is 20.4 Å². The Balaban J connectivity index is 1.77. The summed E-state index contributed by atoms with van der Waals surface area (Å²) in [6.45, 7) is 3.78. The van der Waals surface area contributed by atoms with Gasteiger partial charge in [-0.1, -0.05) is 17.7 Å². The molecule has 0 fully saturated rings. The summed E-state index contributed by atoms with van der Waals surface area (Å²) in [4.78, 5) is 12.4. The summed E-state index contributed by atoms with van der Waals surface area (Å²) in [5.41, 5.74) is 1.49. The van der Waals surface area contributed by atoms with Crippen molar-refractivity contribution >= 4 is 5.91 Å². The van der Waals surface area contributed by atoms with Gasteiger partial charge in [0.1, 0.15) is 0 Å². The molecule has 2 heterocycles. The van der Waals surface area contributed by atoms with E-state index >= 15 is 0 Å². The minimum atomic E-state index is -4.43. The van der Waals surface area contributed by atoms with Gasteiger partial charge in [-0.15, -0.1) is 0 Å². The Hall–Kier alpha value is -2.61. The number of rotatable bonds is 4. The number of nitrogens with one attached hydrogen (secondary N) is 2. The number of carbonyl (C=O) groups is 1. The lowest BCUT2D eigenvalue weighted by Gasteiger charge is -2.14. The molecule has 1 aromatic heterocycles. The number of nitrogens with zero attached hydrogens (tertiary/aromatic N) is 2. The van der Waals surface area contributed by atoms with Gasteiger partial charge in [0.25, 0.3) is 5.91 Å². The molecule has 3 rings (SSSR count). The third-order valence-corrected chi connectivity index (χ3v) is 4.31. The Kier molecular flexibility index (Phi) is 5.13. The van der Waals surface area contributed by atoms with Gasteiger partial charge in [0, 0.05) is 13.1 Å². The molecule has 2 N–H and O–H groups in total. The van der Waals surface area contributed by atoms with Crippen LogP contribution in [0.25, 0.3) is 5.69 Å². The summed E-state index contributed by atoms with van der Waals surface area (Å²) in [5.74, 6) is -0.292. The number of alkyl halides is 3. The van der Waals surface area contributed by atoms with Crippen molar-refractivity contribution in [3.8, 4) is 5.69 Å². The normalized spacial score (nSPS) is 14.8. The van der Waals surface area contributed by atoms with E-state index in [0.717, 1.165) is 37.2 Å². The number of hydrogen-bond donors (Lipinski definition) is 2. The Morgan fingerprint density at radius 2 is 2.19 bits per heavy atom. The van der Waals surface area contributed by atoms with Crippen molar-refractivity contribution < 1.29 is 18.0 Å². The predicted octanol–water partition coefficient (Wildman–Crippen LogP) is 2.85. The first-order valence-corrected chi connectivity index (χ1v) is 8.25. The van der Waals surface area contributed by atoms with Crippen LogP contribution in [-0.4, -0.2) is 35.3 Å². The highest BCUT2D eigenvalue weighted by Crippen LogP contribution is 2.30. The molecule has 1 amide bonds. The Morgan fingerprint density at radius 1 is 1.38 bits per heavy atom. The van der Waals surface area contributed by atoms with Crippen LogP contribution in [0, 0.1) is 6.92 Å². The van der Waals surface area contributed by atoms with Gasteiger partial charge in [-0.05, 0) is 38.1 Å². The van der Waals surface area contributed by atoms with Gasteiger partial charge < -0.3 is 10.6 Å². The highest BCUT2D eigenvalue weighted by atomic mass is 19.4. The topological polar surface area (TPSA) is 59.0 Å². The summed E-state index contributed by atoms with van der Waals surface area (Å²) in [6.07, 6.45) is -0.132. The summed E-state index contributed by atoms with van der Waals surface area (Å²) in [5, 5.41) is 10.1. The van der Waals surface area contributed by atoms with Gasteiger partial charge in [0.2, 0.25) is 0 Å². The third kappa shape index (κ3) is 3.96. The lowest BCUT2D eigenvalue weighted by atomic mass is 10.1. The molecule has 8 heteroatoms. The molecule has 0 saturated carbocycles. The third-order valence-electron chi connectivity index (χ3n) is 4.31. The molecule has 5 nitrogen and oxygen atoms in total. The minimum Gasteiger partial charge on any atom is -0.348 e. The zero-order valence-corrected chi connectivity index (χ0v) is 14.2. The van der Waals surface area contributed by atoms with E-state index in [0.29, 0.717) is 17.8 Å². The molecule has 138 valence electrons. The fourth-order valence-corrected chi connectivity index (χ4v) is 2.83. The van der Waals surface area contributed by atoms with E-state index in [1.807, 2.05) is 6.08 Å². The molecule has 1 aromatic carbocycles. The maximum Gasteiger partial charge on any atom is 0.416 e. The lowest BCUT2D eigenvalue weighted by molar-refractivity contribution is -0.137. The van der Waals surface area contributed by atoms with Crippen LogP contribution in [0.15, 0.2) is 42.1 Å². The van der Waals surface area contributed by atoms with Crippen LogP contribution in [0.4, 0.5) is 13.2 Å². The summed E-state index contributed by atoms with van der Waals surface area (Å²) in [7, 11) is 0. The van der Waals surface area contributed by atoms with E-state index in [1.54, 1.807) is 6.92 Å². The summed E-state index contributed by atoms with van der Waals surface area (Å²) < 4.78 is 40.0. The molecule has 0 spiro atoms. The SMILES string of the molecule is Cc1c(C(=O)NCC2=CCNCC2)cnn1-c1cccc(C(F)(F)F)c1. The number of carbonyl (C=O) groups excluding carboxylic acids is 1. The summed E-state index contributed by atoms with van der Waals surface area (Å²) in [6, 6.07) is 4.86. The second kappa shape index (κ2) is 7.33. The van der Waals surface area contributed by atoms with Crippen molar-refractivity contribution in [2.75, 3.05) is 19.6 Å². The zero-order chi connectivity index (χ0) is 18.7. The van der Waals surface area contributed by atoms with Gasteiger partial charge in [-0.25, -0.2) is 4.68 Å². The van der Waals surface area contributed by atoms with Crippen LogP contribution >= 0.6 is 0 Å². The quantitative estimate of drug-likeness (QED) is 0.821. The van der Waals surface area contributed by atoms with E-state index in [4.69, 9.17) is 0 Å². The van der Waals surface area contributed by atoms with Crippen LogP contribution < -0.4 is 10.6 Å². The first-order valence-electron chi connectivity index (χ1n) is 8.25. The maximum absolute atomic E-state index is 12.9. The van der Waals surface area contributed by atoms with Crippen molar-refractivity contribution in [2.24, 2.45) is 0 Å². The molecule has 26 heavy (non-hydrogen) atoms. The molecular formula is C18H19F3N4O. The second-order valence-electron chi connectivity index (χ2n) is 6.10. The number of halogens is 3. The van der Waals surface area contributed by atoms with Crippen LogP contribution in [0.5, 0.6) is 0 Å². The molecule has 0 unspecified atom stereocenters. The van der Waals surface area contributed by atoms with E-state index in [2.05, 4.69) is 15.7 Å². The Bertz CT molecular complexity index is 839. The summed E-state index contributed by atoms with van der Waals surface area (Å²) >= 11 is 0. The molecule has 1 aliphatic heterocycles. The molecule has 1 aliphatic rings. The highest BCUT2D eigenvalue weighted by Gasteiger charge is 2.30. The van der Waals surface area contributed by atoms with Crippen molar-refractivity contribution in [3.63, 3.8) is 0 Å². The van der Waals surface area contributed by atoms with Crippen LogP contribution in [0.1, 0.15) is 28.0 Å². The molecule has 0 bridgehead atoms. The number of aromatic nitrogens is 2. The fourth-order valence-electron chi connectivity index (χ4n) is 2.83. The van der Waals surface area contributed by atoms with E-state index in [-0.39, 0.29) is 11.6 Å². The minimum absolute atomic E-state index is 0.262. The molecule has 0 atom stereocenters. The smallest absolute Gasteiger partial charge is 0.348 e. The molecule has 0 aliphatic carbocycles. The van der Waals surface area contributed by atoms with Crippen LogP contribution in [0.2, 0.25) is 0 Å². The van der Waals surface area contributed by atoms with Gasteiger partial charge >= 0.3 is 6.18 Å². The molecule has 0 saturated heterocycles. The average molecular weight is 364 g/mol. The maximum atomic E-state index is 12.9. The van der Waals surface area contributed by atoms with Gasteiger partial charge in [-0.3, -0.25) is 4.79 Å². The van der Waals surface area contributed by atoms with Crippen molar-refractivity contribution in [2.45, 2.75) is 19.5 Å². The average Bonchev–Trinajstić information content (AvgIpc) is 3.01. The Morgan fingerprint density at radius 3 is 2.88 bits per heavy atom. The van der Waals surface area contributed by atoms with Gasteiger partial charge in [-0.2, -0.15) is 18.3 Å². The molecule has 0 radical (unpaired) electrons. The molecular weight excluding hydrogens is 345 g/mol. The van der Waals surface area contributed by atoms with Gasteiger partial charge in [0.05, 0.1) is 28.7 Å². The largest absolute Gasteiger partial charge is 0.416 e. The fraction of sp³-hybridized carbons (Fsp3) is 0.333. The van der Waals surface area contributed by atoms with Crippen LogP contribution in [0.3, 0.4) is 0 Å². The van der Waals surface area contributed by atoms with Crippen LogP contribution in [-0.2, 0) is 6.18 Å². The number of hydrogen-bond acceptors (Lipinski definition) is 3. The van der Waals surface area contributed by atoms with Crippen molar-refractivity contribution in [1.29, 1.82) is 0 Å². The monoisotopic (exact) mass is 364 g/mol. The first-order chi connectivity index (χ1) is 12.4. The van der Waals surface area contributed by atoms with E-state index in [9.17, 15) is 18.0 Å². The standard InChI is InChI=1S/C18H19F3N4O/c1-12-16(17(26)23-10-13-5-7-22-8-6-13)11-24-25(12)15-4-2-3-14(9-15)18(19,20)21/h2-5,9,11,22H,6-8,10H2,1H3,(H,23,26). The second-order valence-corrected chi connectivity index (χ2v) is 6.10. The Labute approximate surface area is 148 Å². The lowest BCUT2D eigenvalue weighted by Crippen LogP contribution is -2.29. The van der Waals surface area contributed by atoms with Gasteiger partial charge in [0.15, 0.2) is 0 Å². The molecule has 2 aromatic rings. The first kappa shape index (κ1) is 18.2.